The number of hydrogen-bond donors (Lipinski definition) is 1. The summed E-state index contributed by atoms with van der Waals surface area (Å²) in [5.74, 6) is 0.491. The van der Waals surface area contributed by atoms with Gasteiger partial charge in [0.25, 0.3) is 0 Å². The zero-order valence-electron chi connectivity index (χ0n) is 7.60. The zero-order valence-corrected chi connectivity index (χ0v) is 8.36. The molecule has 72 valence electrons. The van der Waals surface area contributed by atoms with E-state index >= 15 is 0 Å². The van der Waals surface area contributed by atoms with E-state index < -0.39 is 0 Å². The molecule has 0 spiro atoms. The van der Waals surface area contributed by atoms with Crippen molar-refractivity contribution in [1.82, 2.24) is 5.32 Å². The van der Waals surface area contributed by atoms with Crippen molar-refractivity contribution in [1.29, 1.82) is 0 Å². The second-order valence-electron chi connectivity index (χ2n) is 2.58. The second kappa shape index (κ2) is 7.37. The van der Waals surface area contributed by atoms with Gasteiger partial charge in [0.2, 0.25) is 5.91 Å². The van der Waals surface area contributed by atoms with E-state index in [9.17, 15) is 4.79 Å². The molecule has 0 aliphatic heterocycles. The summed E-state index contributed by atoms with van der Waals surface area (Å²) in [5.41, 5.74) is 0. The number of carbonyl (C=O) groups excluding carboxylic acids is 1. The van der Waals surface area contributed by atoms with E-state index in [0.29, 0.717) is 12.5 Å². The molecule has 0 aromatic carbocycles. The third-order valence-electron chi connectivity index (χ3n) is 1.39. The highest BCUT2D eigenvalue weighted by molar-refractivity contribution is 6.17. The molecule has 0 bridgehead atoms. The normalized spacial score (nSPS) is 12.6. The van der Waals surface area contributed by atoms with Gasteiger partial charge in [0.1, 0.15) is 6.61 Å². The van der Waals surface area contributed by atoms with Crippen molar-refractivity contribution in [2.24, 2.45) is 0 Å². The molecule has 3 nitrogen and oxygen atoms in total. The van der Waals surface area contributed by atoms with Gasteiger partial charge in [-0.25, -0.2) is 0 Å². The SMILES string of the molecule is CCOCC(=O)NC(C)CCCl. The number of rotatable bonds is 6. The van der Waals surface area contributed by atoms with Crippen molar-refractivity contribution < 1.29 is 9.53 Å². The van der Waals surface area contributed by atoms with Gasteiger partial charge in [0, 0.05) is 18.5 Å². The lowest BCUT2D eigenvalue weighted by Gasteiger charge is -2.11. The fourth-order valence-electron chi connectivity index (χ4n) is 0.747. The van der Waals surface area contributed by atoms with Crippen LogP contribution in [0.3, 0.4) is 0 Å². The van der Waals surface area contributed by atoms with Gasteiger partial charge in [-0.05, 0) is 20.3 Å². The van der Waals surface area contributed by atoms with Gasteiger partial charge in [-0.15, -0.1) is 11.6 Å². The van der Waals surface area contributed by atoms with Crippen molar-refractivity contribution in [3.05, 3.63) is 0 Å². The topological polar surface area (TPSA) is 38.3 Å². The monoisotopic (exact) mass is 193 g/mol. The Morgan fingerprint density at radius 2 is 2.33 bits per heavy atom. The minimum Gasteiger partial charge on any atom is -0.372 e. The van der Waals surface area contributed by atoms with Crippen LogP contribution >= 0.6 is 11.6 Å². The molecule has 12 heavy (non-hydrogen) atoms. The van der Waals surface area contributed by atoms with E-state index in [-0.39, 0.29) is 18.6 Å². The summed E-state index contributed by atoms with van der Waals surface area (Å²) in [6.07, 6.45) is 0.791. The Labute approximate surface area is 78.4 Å². The molecule has 0 aromatic rings. The van der Waals surface area contributed by atoms with Gasteiger partial charge in [0.15, 0.2) is 0 Å². The van der Waals surface area contributed by atoms with Crippen molar-refractivity contribution in [3.63, 3.8) is 0 Å². The molecule has 1 atom stereocenters. The van der Waals surface area contributed by atoms with Crippen LogP contribution in [-0.4, -0.2) is 31.0 Å². The lowest BCUT2D eigenvalue weighted by molar-refractivity contribution is -0.126. The van der Waals surface area contributed by atoms with Crippen molar-refractivity contribution in [2.75, 3.05) is 19.1 Å². The maximum atomic E-state index is 11.0. The van der Waals surface area contributed by atoms with Gasteiger partial charge in [0.05, 0.1) is 0 Å². The molecule has 0 heterocycles. The van der Waals surface area contributed by atoms with Gasteiger partial charge in [-0.1, -0.05) is 0 Å². The van der Waals surface area contributed by atoms with E-state index in [1.807, 2.05) is 13.8 Å². The van der Waals surface area contributed by atoms with E-state index in [4.69, 9.17) is 16.3 Å². The number of alkyl halides is 1. The molecule has 1 amide bonds. The van der Waals surface area contributed by atoms with Gasteiger partial charge in [-0.3, -0.25) is 4.79 Å². The second-order valence-corrected chi connectivity index (χ2v) is 2.96. The van der Waals surface area contributed by atoms with Gasteiger partial charge < -0.3 is 10.1 Å². The fourth-order valence-corrected chi connectivity index (χ4v) is 1.07. The number of nitrogens with one attached hydrogen (secondary N) is 1. The summed E-state index contributed by atoms with van der Waals surface area (Å²) in [7, 11) is 0. The summed E-state index contributed by atoms with van der Waals surface area (Å²) in [4.78, 5) is 11.0. The highest BCUT2D eigenvalue weighted by Crippen LogP contribution is 1.92. The largest absolute Gasteiger partial charge is 0.372 e. The molecule has 0 saturated heterocycles. The number of carbonyl (C=O) groups is 1. The molecular formula is C8H16ClNO2. The zero-order chi connectivity index (χ0) is 9.40. The van der Waals surface area contributed by atoms with Gasteiger partial charge >= 0.3 is 0 Å². The summed E-state index contributed by atoms with van der Waals surface area (Å²) in [6, 6.07) is 0.135. The van der Waals surface area contributed by atoms with E-state index in [0.717, 1.165) is 6.42 Å². The van der Waals surface area contributed by atoms with Crippen LogP contribution in [0.2, 0.25) is 0 Å². The molecule has 4 heteroatoms. The molecule has 0 radical (unpaired) electrons. The number of amides is 1. The average Bonchev–Trinajstić information content (AvgIpc) is 2.01. The van der Waals surface area contributed by atoms with Crippen LogP contribution in [0, 0.1) is 0 Å². The molecular weight excluding hydrogens is 178 g/mol. The number of halogens is 1. The first-order chi connectivity index (χ1) is 5.70. The van der Waals surface area contributed by atoms with Crippen LogP contribution in [-0.2, 0) is 9.53 Å². The first kappa shape index (κ1) is 11.7. The Kier molecular flexibility index (Phi) is 7.20. The van der Waals surface area contributed by atoms with E-state index in [2.05, 4.69) is 5.32 Å². The van der Waals surface area contributed by atoms with Crippen molar-refractivity contribution in [2.45, 2.75) is 26.3 Å². The maximum absolute atomic E-state index is 11.0. The van der Waals surface area contributed by atoms with Crippen LogP contribution in [0.1, 0.15) is 20.3 Å². The molecule has 0 aliphatic rings. The molecule has 1 N–H and O–H groups in total. The highest BCUT2D eigenvalue weighted by atomic mass is 35.5. The number of ether oxygens (including phenoxy) is 1. The molecule has 0 fully saturated rings. The molecule has 0 saturated carbocycles. The third-order valence-corrected chi connectivity index (χ3v) is 1.61. The molecule has 1 unspecified atom stereocenters. The smallest absolute Gasteiger partial charge is 0.246 e. The highest BCUT2D eigenvalue weighted by Gasteiger charge is 2.05. The summed E-state index contributed by atoms with van der Waals surface area (Å²) < 4.78 is 4.93. The first-order valence-electron chi connectivity index (χ1n) is 4.13. The maximum Gasteiger partial charge on any atom is 0.246 e. The summed E-state index contributed by atoms with van der Waals surface area (Å²) >= 11 is 5.50. The standard InChI is InChI=1S/C8H16ClNO2/c1-3-12-6-8(11)10-7(2)4-5-9/h7H,3-6H2,1-2H3,(H,10,11). The summed E-state index contributed by atoms with van der Waals surface area (Å²) in [5, 5.41) is 2.77. The van der Waals surface area contributed by atoms with Crippen LogP contribution < -0.4 is 5.32 Å². The molecule has 0 aliphatic carbocycles. The lowest BCUT2D eigenvalue weighted by atomic mass is 10.2. The fraction of sp³-hybridized carbons (Fsp3) is 0.875. The Morgan fingerprint density at radius 3 is 2.83 bits per heavy atom. The Bertz CT molecular complexity index is 130. The van der Waals surface area contributed by atoms with Crippen LogP contribution in [0.15, 0.2) is 0 Å². The predicted molar refractivity (Wildman–Crippen MR) is 49.4 cm³/mol. The molecule has 0 rings (SSSR count). The Morgan fingerprint density at radius 1 is 1.67 bits per heavy atom. The Balaban J connectivity index is 3.40. The average molecular weight is 194 g/mol. The minimum atomic E-state index is -0.0746. The van der Waals surface area contributed by atoms with E-state index in [1.54, 1.807) is 0 Å². The van der Waals surface area contributed by atoms with E-state index in [1.165, 1.54) is 0 Å². The minimum absolute atomic E-state index is 0.0746. The predicted octanol–water partition coefficient (Wildman–Crippen LogP) is 1.16. The quantitative estimate of drug-likeness (QED) is 0.643. The van der Waals surface area contributed by atoms with Crippen LogP contribution in [0.25, 0.3) is 0 Å². The van der Waals surface area contributed by atoms with Crippen molar-refractivity contribution in [3.8, 4) is 0 Å². The van der Waals surface area contributed by atoms with Crippen LogP contribution in [0.5, 0.6) is 0 Å². The van der Waals surface area contributed by atoms with Crippen molar-refractivity contribution >= 4 is 17.5 Å². The third kappa shape index (κ3) is 6.43. The number of hydrogen-bond acceptors (Lipinski definition) is 2. The Hall–Kier alpha value is -0.280. The first-order valence-corrected chi connectivity index (χ1v) is 4.67. The van der Waals surface area contributed by atoms with Crippen LogP contribution in [0.4, 0.5) is 0 Å². The molecule has 0 aromatic heterocycles. The lowest BCUT2D eigenvalue weighted by Crippen LogP contribution is -2.35. The summed E-state index contributed by atoms with van der Waals surface area (Å²) in [6.45, 7) is 4.49. The van der Waals surface area contributed by atoms with Gasteiger partial charge in [-0.2, -0.15) is 0 Å².